The van der Waals surface area contributed by atoms with E-state index in [1.54, 1.807) is 13.2 Å². The van der Waals surface area contributed by atoms with Crippen LogP contribution in [0.1, 0.15) is 35.3 Å². The third-order valence-electron chi connectivity index (χ3n) is 3.89. The zero-order chi connectivity index (χ0) is 18.9. The van der Waals surface area contributed by atoms with Crippen LogP contribution in [-0.2, 0) is 11.3 Å². The van der Waals surface area contributed by atoms with Crippen LogP contribution >= 0.6 is 0 Å². The Hall–Kier alpha value is -2.53. The molecule has 0 aliphatic carbocycles. The van der Waals surface area contributed by atoms with E-state index >= 15 is 0 Å². The molecule has 2 aromatic rings. The summed E-state index contributed by atoms with van der Waals surface area (Å²) in [5, 5.41) is 2.91. The van der Waals surface area contributed by atoms with Gasteiger partial charge in [0.1, 0.15) is 18.1 Å². The predicted octanol–water partition coefficient (Wildman–Crippen LogP) is 3.74. The van der Waals surface area contributed by atoms with Crippen molar-refractivity contribution in [1.29, 1.82) is 0 Å². The average molecular weight is 357 g/mol. The summed E-state index contributed by atoms with van der Waals surface area (Å²) in [6, 6.07) is 13.2. The normalized spacial score (nSPS) is 11.7. The maximum atomic E-state index is 12.4. The zero-order valence-electron chi connectivity index (χ0n) is 15.9. The molecule has 140 valence electrons. The molecule has 2 rings (SSSR count). The zero-order valence-corrected chi connectivity index (χ0v) is 15.9. The predicted molar refractivity (Wildman–Crippen MR) is 102 cm³/mol. The molecule has 0 heterocycles. The van der Waals surface area contributed by atoms with Crippen LogP contribution in [0.15, 0.2) is 42.5 Å². The molecule has 1 unspecified atom stereocenters. The molecular formula is C21H27NO4. The van der Waals surface area contributed by atoms with Crippen LogP contribution < -0.4 is 14.8 Å². The van der Waals surface area contributed by atoms with E-state index in [-0.39, 0.29) is 11.9 Å². The summed E-state index contributed by atoms with van der Waals surface area (Å²) in [6.07, 6.45) is 0. The third-order valence-corrected chi connectivity index (χ3v) is 3.89. The molecule has 0 radical (unpaired) electrons. The highest BCUT2D eigenvalue weighted by Gasteiger charge is 2.13. The van der Waals surface area contributed by atoms with E-state index < -0.39 is 0 Å². The number of carbonyl (C=O) groups is 1. The molecule has 0 spiro atoms. The number of nitrogens with one attached hydrogen (secondary N) is 1. The van der Waals surface area contributed by atoms with Crippen molar-refractivity contribution in [3.8, 4) is 11.5 Å². The lowest BCUT2D eigenvalue weighted by molar-refractivity contribution is 0.0905. The van der Waals surface area contributed by atoms with Crippen LogP contribution in [0, 0.1) is 6.92 Å². The molecule has 5 nitrogen and oxygen atoms in total. The summed E-state index contributed by atoms with van der Waals surface area (Å²) in [7, 11) is 1.61. The summed E-state index contributed by atoms with van der Waals surface area (Å²) in [5.74, 6) is 1.40. The van der Waals surface area contributed by atoms with Gasteiger partial charge in [-0.25, -0.2) is 0 Å². The Morgan fingerprint density at radius 2 is 1.88 bits per heavy atom. The van der Waals surface area contributed by atoms with Gasteiger partial charge in [-0.05, 0) is 50.6 Å². The van der Waals surface area contributed by atoms with Crippen LogP contribution in [0.3, 0.4) is 0 Å². The van der Waals surface area contributed by atoms with E-state index in [9.17, 15) is 4.79 Å². The standard InChI is InChI=1S/C21H27NO4/c1-5-25-20-11-10-17(21(23)22-16(3)13-24-4)12-18(20)14-26-19-9-7-6-8-15(19)2/h6-12,16H,5,13-14H2,1-4H3,(H,22,23). The summed E-state index contributed by atoms with van der Waals surface area (Å²) in [4.78, 5) is 12.4. The number of para-hydroxylation sites is 1. The van der Waals surface area contributed by atoms with Crippen LogP contribution in [0.5, 0.6) is 11.5 Å². The minimum Gasteiger partial charge on any atom is -0.493 e. The maximum Gasteiger partial charge on any atom is 0.251 e. The summed E-state index contributed by atoms with van der Waals surface area (Å²) < 4.78 is 16.7. The molecule has 0 aliphatic heterocycles. The number of benzene rings is 2. The lowest BCUT2D eigenvalue weighted by Crippen LogP contribution is -2.35. The van der Waals surface area contributed by atoms with E-state index in [4.69, 9.17) is 14.2 Å². The van der Waals surface area contributed by atoms with Gasteiger partial charge < -0.3 is 19.5 Å². The second-order valence-corrected chi connectivity index (χ2v) is 6.14. The van der Waals surface area contributed by atoms with E-state index in [2.05, 4.69) is 5.32 Å². The Kier molecular flexibility index (Phi) is 7.48. The highest BCUT2D eigenvalue weighted by Crippen LogP contribution is 2.24. The topological polar surface area (TPSA) is 56.8 Å². The first-order valence-corrected chi connectivity index (χ1v) is 8.79. The van der Waals surface area contributed by atoms with Crippen molar-refractivity contribution in [2.75, 3.05) is 20.3 Å². The van der Waals surface area contributed by atoms with Gasteiger partial charge in [-0.3, -0.25) is 4.79 Å². The van der Waals surface area contributed by atoms with Crippen molar-refractivity contribution in [2.24, 2.45) is 0 Å². The van der Waals surface area contributed by atoms with Gasteiger partial charge in [-0.1, -0.05) is 18.2 Å². The number of rotatable bonds is 9. The number of methoxy groups -OCH3 is 1. The van der Waals surface area contributed by atoms with Crippen molar-refractivity contribution >= 4 is 5.91 Å². The van der Waals surface area contributed by atoms with Crippen LogP contribution in [0.2, 0.25) is 0 Å². The van der Waals surface area contributed by atoms with Crippen LogP contribution in [0.25, 0.3) is 0 Å². The van der Waals surface area contributed by atoms with Gasteiger partial charge in [0.25, 0.3) is 5.91 Å². The second-order valence-electron chi connectivity index (χ2n) is 6.14. The van der Waals surface area contributed by atoms with Crippen LogP contribution in [0.4, 0.5) is 0 Å². The Morgan fingerprint density at radius 3 is 2.58 bits per heavy atom. The maximum absolute atomic E-state index is 12.4. The van der Waals surface area contributed by atoms with Crippen LogP contribution in [-0.4, -0.2) is 32.3 Å². The fourth-order valence-electron chi connectivity index (χ4n) is 2.60. The molecule has 0 fully saturated rings. The molecule has 5 heteroatoms. The SMILES string of the molecule is CCOc1ccc(C(=O)NC(C)COC)cc1COc1ccccc1C. The van der Waals surface area contributed by atoms with Gasteiger partial charge in [0.05, 0.1) is 13.2 Å². The first kappa shape index (κ1) is 19.8. The monoisotopic (exact) mass is 357 g/mol. The van der Waals surface area contributed by atoms with E-state index in [1.807, 2.05) is 57.2 Å². The minimum atomic E-state index is -0.144. The Balaban J connectivity index is 2.16. The Bertz CT molecular complexity index is 730. The number of ether oxygens (including phenoxy) is 3. The lowest BCUT2D eigenvalue weighted by atomic mass is 10.1. The summed E-state index contributed by atoms with van der Waals surface area (Å²) in [5.41, 5.74) is 2.47. The van der Waals surface area contributed by atoms with E-state index in [0.29, 0.717) is 25.4 Å². The highest BCUT2D eigenvalue weighted by molar-refractivity contribution is 5.94. The fourth-order valence-corrected chi connectivity index (χ4v) is 2.60. The minimum absolute atomic E-state index is 0.0641. The van der Waals surface area contributed by atoms with Gasteiger partial charge in [0.15, 0.2) is 0 Å². The van der Waals surface area contributed by atoms with Gasteiger partial charge in [-0.15, -0.1) is 0 Å². The second kappa shape index (κ2) is 9.82. The fraction of sp³-hybridized carbons (Fsp3) is 0.381. The Morgan fingerprint density at radius 1 is 1.12 bits per heavy atom. The molecule has 0 saturated heterocycles. The summed E-state index contributed by atoms with van der Waals surface area (Å²) >= 11 is 0. The molecule has 1 atom stereocenters. The molecule has 0 aromatic heterocycles. The average Bonchev–Trinajstić information content (AvgIpc) is 2.62. The van der Waals surface area contributed by atoms with Crippen molar-refractivity contribution in [1.82, 2.24) is 5.32 Å². The molecule has 26 heavy (non-hydrogen) atoms. The van der Waals surface area contributed by atoms with Crippen molar-refractivity contribution < 1.29 is 19.0 Å². The van der Waals surface area contributed by atoms with Crippen molar-refractivity contribution in [2.45, 2.75) is 33.4 Å². The molecule has 1 amide bonds. The molecule has 0 saturated carbocycles. The molecule has 1 N–H and O–H groups in total. The smallest absolute Gasteiger partial charge is 0.251 e. The van der Waals surface area contributed by atoms with Gasteiger partial charge >= 0.3 is 0 Å². The number of amides is 1. The number of hydrogen-bond donors (Lipinski definition) is 1. The number of aryl methyl sites for hydroxylation is 1. The van der Waals surface area contributed by atoms with Gasteiger partial charge in [0, 0.05) is 24.3 Å². The number of carbonyl (C=O) groups excluding carboxylic acids is 1. The molecule has 2 aromatic carbocycles. The van der Waals surface area contributed by atoms with Gasteiger partial charge in [0.2, 0.25) is 0 Å². The van der Waals surface area contributed by atoms with Crippen molar-refractivity contribution in [3.63, 3.8) is 0 Å². The first-order valence-electron chi connectivity index (χ1n) is 8.79. The molecular weight excluding hydrogens is 330 g/mol. The lowest BCUT2D eigenvalue weighted by Gasteiger charge is -2.16. The largest absolute Gasteiger partial charge is 0.493 e. The van der Waals surface area contributed by atoms with E-state index in [1.165, 1.54) is 0 Å². The first-order chi connectivity index (χ1) is 12.5. The Labute approximate surface area is 155 Å². The van der Waals surface area contributed by atoms with Crippen molar-refractivity contribution in [3.05, 3.63) is 59.2 Å². The molecule has 0 aliphatic rings. The quantitative estimate of drug-likeness (QED) is 0.743. The highest BCUT2D eigenvalue weighted by atomic mass is 16.5. The van der Waals surface area contributed by atoms with Gasteiger partial charge in [-0.2, -0.15) is 0 Å². The number of hydrogen-bond acceptors (Lipinski definition) is 4. The third kappa shape index (κ3) is 5.49. The summed E-state index contributed by atoms with van der Waals surface area (Å²) in [6.45, 7) is 7.17. The molecule has 0 bridgehead atoms. The van der Waals surface area contributed by atoms with E-state index in [0.717, 1.165) is 22.6 Å².